The van der Waals surface area contributed by atoms with Gasteiger partial charge >= 0.3 is 0 Å². The highest BCUT2D eigenvalue weighted by Crippen LogP contribution is 2.46. The van der Waals surface area contributed by atoms with Gasteiger partial charge in [-0.1, -0.05) is 48.5 Å². The van der Waals surface area contributed by atoms with Crippen LogP contribution in [0.1, 0.15) is 61.5 Å². The van der Waals surface area contributed by atoms with Crippen molar-refractivity contribution in [3.05, 3.63) is 71.9 Å². The maximum atomic E-state index is 13.3. The molecule has 2 N–H and O–H groups in total. The number of aromatic amines is 1. The first kappa shape index (κ1) is 19.4. The lowest BCUT2D eigenvalue weighted by Crippen LogP contribution is -2.49. The van der Waals surface area contributed by atoms with Crippen LogP contribution in [0.4, 0.5) is 0 Å². The summed E-state index contributed by atoms with van der Waals surface area (Å²) in [6.07, 6.45) is 6.92. The molecule has 1 amide bonds. The molecule has 2 aromatic carbocycles. The zero-order chi connectivity index (χ0) is 20.6. The van der Waals surface area contributed by atoms with Crippen LogP contribution in [-0.2, 0) is 5.54 Å². The zero-order valence-corrected chi connectivity index (χ0v) is 17.7. The maximum Gasteiger partial charge on any atom is 0.270 e. The van der Waals surface area contributed by atoms with Crippen LogP contribution >= 0.6 is 0 Å². The number of carbonyl (C=O) groups excluding carboxylic acids is 1. The van der Waals surface area contributed by atoms with Gasteiger partial charge in [-0.2, -0.15) is 0 Å². The van der Waals surface area contributed by atoms with E-state index >= 15 is 0 Å². The Kier molecular flexibility index (Phi) is 5.11. The summed E-state index contributed by atoms with van der Waals surface area (Å²) < 4.78 is 0. The summed E-state index contributed by atoms with van der Waals surface area (Å²) in [7, 11) is 0. The summed E-state index contributed by atoms with van der Waals surface area (Å²) in [5.41, 5.74) is 3.30. The molecule has 0 bridgehead atoms. The molecule has 2 aliphatic carbocycles. The molecule has 0 radical (unpaired) electrons. The number of hydrogen-bond donors (Lipinski definition) is 2. The minimum Gasteiger partial charge on any atom is -0.351 e. The Morgan fingerprint density at radius 1 is 1.10 bits per heavy atom. The summed E-state index contributed by atoms with van der Waals surface area (Å²) in [6.45, 7) is 2.85. The molecule has 0 saturated heterocycles. The average molecular weight is 402 g/mol. The number of amides is 1. The Bertz CT molecular complexity index is 988. The molecular formula is C26H31N3O. The van der Waals surface area contributed by atoms with Crippen molar-refractivity contribution in [1.82, 2.24) is 15.2 Å². The molecule has 5 rings (SSSR count). The summed E-state index contributed by atoms with van der Waals surface area (Å²) in [5, 5.41) is 5.08. The molecule has 0 spiro atoms. The molecule has 30 heavy (non-hydrogen) atoms. The van der Waals surface area contributed by atoms with E-state index in [1.807, 2.05) is 24.3 Å². The van der Waals surface area contributed by atoms with E-state index in [1.54, 1.807) is 0 Å². The molecule has 1 heterocycles. The number of fused-ring (bicyclic) bond motifs is 1. The Labute approximate surface area is 178 Å². The fraction of sp³-hybridized carbons (Fsp3) is 0.423. The molecule has 0 aliphatic heterocycles. The summed E-state index contributed by atoms with van der Waals surface area (Å²) in [6, 6.07) is 21.7. The van der Waals surface area contributed by atoms with Gasteiger partial charge in [0.1, 0.15) is 5.69 Å². The number of hydrogen-bond acceptors (Lipinski definition) is 2. The van der Waals surface area contributed by atoms with Crippen LogP contribution in [0.2, 0.25) is 0 Å². The first-order valence-electron chi connectivity index (χ1n) is 11.4. The lowest BCUT2D eigenvalue weighted by atomic mass is 9.88. The Morgan fingerprint density at radius 2 is 1.87 bits per heavy atom. The number of para-hydroxylation sites is 1. The summed E-state index contributed by atoms with van der Waals surface area (Å²) in [5.74, 6) is 0.128. The SMILES string of the molecule is CCN(C(=O)c1cc2ccccc2[nH]1)C1CCC[C@H](NC2(c3ccccc3)CC2)C1. The smallest absolute Gasteiger partial charge is 0.270 e. The molecule has 2 saturated carbocycles. The molecule has 4 heteroatoms. The van der Waals surface area contributed by atoms with Crippen LogP contribution in [0.5, 0.6) is 0 Å². The van der Waals surface area contributed by atoms with Crippen molar-refractivity contribution in [2.45, 2.75) is 63.1 Å². The quantitative estimate of drug-likeness (QED) is 0.595. The van der Waals surface area contributed by atoms with E-state index in [4.69, 9.17) is 0 Å². The third-order valence-corrected chi connectivity index (χ3v) is 7.01. The van der Waals surface area contributed by atoms with E-state index in [-0.39, 0.29) is 11.4 Å². The van der Waals surface area contributed by atoms with Crippen molar-refractivity contribution in [2.24, 2.45) is 0 Å². The van der Waals surface area contributed by atoms with E-state index in [0.29, 0.717) is 17.8 Å². The third kappa shape index (κ3) is 3.65. The van der Waals surface area contributed by atoms with Crippen molar-refractivity contribution in [2.75, 3.05) is 6.54 Å². The average Bonchev–Trinajstić information content (AvgIpc) is 3.43. The lowest BCUT2D eigenvalue weighted by Gasteiger charge is -2.38. The highest BCUT2D eigenvalue weighted by Gasteiger charge is 2.46. The van der Waals surface area contributed by atoms with E-state index in [1.165, 1.54) is 31.2 Å². The molecule has 2 fully saturated rings. The fourth-order valence-corrected chi connectivity index (χ4v) is 5.28. The number of benzene rings is 2. The lowest BCUT2D eigenvalue weighted by molar-refractivity contribution is 0.0618. The fourth-order valence-electron chi connectivity index (χ4n) is 5.28. The van der Waals surface area contributed by atoms with Crippen LogP contribution in [-0.4, -0.2) is 34.4 Å². The number of nitrogens with one attached hydrogen (secondary N) is 2. The molecule has 3 aromatic rings. The second-order valence-corrected chi connectivity index (χ2v) is 8.97. The monoisotopic (exact) mass is 401 g/mol. The van der Waals surface area contributed by atoms with Gasteiger partial charge in [-0.15, -0.1) is 0 Å². The standard InChI is InChI=1S/C26H31N3O/c1-2-29(25(30)24-17-19-9-6-7-14-23(19)27-24)22-13-8-12-21(18-22)28-26(15-16-26)20-10-4-3-5-11-20/h3-7,9-11,14,17,21-22,27-28H,2,8,12-13,15-16,18H2,1H3/t21-,22?/m0/s1. The molecule has 1 unspecified atom stereocenters. The van der Waals surface area contributed by atoms with Crippen molar-refractivity contribution < 1.29 is 4.79 Å². The van der Waals surface area contributed by atoms with Gasteiger partial charge in [0.05, 0.1) is 0 Å². The van der Waals surface area contributed by atoms with E-state index < -0.39 is 0 Å². The Morgan fingerprint density at radius 3 is 2.60 bits per heavy atom. The van der Waals surface area contributed by atoms with Gasteiger partial charge in [0, 0.05) is 35.1 Å². The second kappa shape index (κ2) is 7.92. The second-order valence-electron chi connectivity index (χ2n) is 8.97. The van der Waals surface area contributed by atoms with Gasteiger partial charge < -0.3 is 15.2 Å². The Hall–Kier alpha value is -2.59. The van der Waals surface area contributed by atoms with Gasteiger partial charge in [0.25, 0.3) is 5.91 Å². The maximum absolute atomic E-state index is 13.3. The van der Waals surface area contributed by atoms with E-state index in [9.17, 15) is 4.79 Å². The van der Waals surface area contributed by atoms with Crippen molar-refractivity contribution in [3.8, 4) is 0 Å². The van der Waals surface area contributed by atoms with Gasteiger partial charge in [-0.05, 0) is 63.1 Å². The molecule has 2 aliphatic rings. The third-order valence-electron chi connectivity index (χ3n) is 7.01. The highest BCUT2D eigenvalue weighted by atomic mass is 16.2. The van der Waals surface area contributed by atoms with E-state index in [0.717, 1.165) is 30.3 Å². The number of rotatable bonds is 6. The number of carbonyl (C=O) groups is 1. The van der Waals surface area contributed by atoms with Gasteiger partial charge in [0.2, 0.25) is 0 Å². The van der Waals surface area contributed by atoms with Gasteiger partial charge in [0.15, 0.2) is 0 Å². The topological polar surface area (TPSA) is 48.1 Å². The molecule has 2 atom stereocenters. The molecule has 4 nitrogen and oxygen atoms in total. The van der Waals surface area contributed by atoms with Crippen LogP contribution < -0.4 is 5.32 Å². The zero-order valence-electron chi connectivity index (χ0n) is 17.7. The first-order chi connectivity index (χ1) is 14.7. The van der Waals surface area contributed by atoms with Gasteiger partial charge in [-0.25, -0.2) is 0 Å². The van der Waals surface area contributed by atoms with Crippen LogP contribution in [0, 0.1) is 0 Å². The largest absolute Gasteiger partial charge is 0.351 e. The Balaban J connectivity index is 1.30. The van der Waals surface area contributed by atoms with Crippen LogP contribution in [0.3, 0.4) is 0 Å². The van der Waals surface area contributed by atoms with Crippen LogP contribution in [0.15, 0.2) is 60.7 Å². The molecule has 156 valence electrons. The summed E-state index contributed by atoms with van der Waals surface area (Å²) >= 11 is 0. The number of H-pyrrole nitrogens is 1. The van der Waals surface area contributed by atoms with Crippen molar-refractivity contribution in [3.63, 3.8) is 0 Å². The minimum atomic E-state index is 0.128. The predicted octanol–water partition coefficient (Wildman–Crippen LogP) is 5.22. The van der Waals surface area contributed by atoms with Gasteiger partial charge in [-0.3, -0.25) is 4.79 Å². The number of aromatic nitrogens is 1. The summed E-state index contributed by atoms with van der Waals surface area (Å²) in [4.78, 5) is 18.8. The predicted molar refractivity (Wildman–Crippen MR) is 122 cm³/mol. The number of nitrogens with zero attached hydrogens (tertiary/aromatic N) is 1. The molecular weight excluding hydrogens is 370 g/mol. The first-order valence-corrected chi connectivity index (χ1v) is 11.4. The van der Waals surface area contributed by atoms with Crippen molar-refractivity contribution in [1.29, 1.82) is 0 Å². The van der Waals surface area contributed by atoms with E-state index in [2.05, 4.69) is 58.5 Å². The normalized spacial score (nSPS) is 22.7. The van der Waals surface area contributed by atoms with Crippen molar-refractivity contribution >= 4 is 16.8 Å². The van der Waals surface area contributed by atoms with Crippen LogP contribution in [0.25, 0.3) is 10.9 Å². The molecule has 1 aromatic heterocycles. The highest BCUT2D eigenvalue weighted by molar-refractivity contribution is 5.98. The minimum absolute atomic E-state index is 0.128.